The Morgan fingerprint density at radius 2 is 1.90 bits per heavy atom. The molecule has 2 N–H and O–H groups in total. The number of pyridine rings is 1. The highest BCUT2D eigenvalue weighted by Gasteiger charge is 2.15. The van der Waals surface area contributed by atoms with E-state index in [1.165, 1.54) is 12.4 Å². The van der Waals surface area contributed by atoms with E-state index >= 15 is 0 Å². The van der Waals surface area contributed by atoms with Gasteiger partial charge in [0.25, 0.3) is 5.91 Å². The van der Waals surface area contributed by atoms with E-state index < -0.39 is 0 Å². The third kappa shape index (κ3) is 4.83. The Hall–Kier alpha value is -2.50. The Bertz CT molecular complexity index is 590. The van der Waals surface area contributed by atoms with Gasteiger partial charge in [-0.1, -0.05) is 6.07 Å². The van der Waals surface area contributed by atoms with Crippen LogP contribution in [0.3, 0.4) is 0 Å². The first-order valence-corrected chi connectivity index (χ1v) is 6.71. The van der Waals surface area contributed by atoms with Crippen molar-refractivity contribution in [2.75, 3.05) is 5.32 Å². The Morgan fingerprint density at radius 1 is 1.19 bits per heavy atom. The predicted molar refractivity (Wildman–Crippen MR) is 80.8 cm³/mol. The Kier molecular flexibility index (Phi) is 4.47. The first-order valence-electron chi connectivity index (χ1n) is 6.71. The zero-order valence-corrected chi connectivity index (χ0v) is 12.4. The van der Waals surface area contributed by atoms with Crippen LogP contribution >= 0.6 is 0 Å². The number of hydrogen-bond donors (Lipinski definition) is 2. The number of anilines is 1. The Balaban J connectivity index is 1.94. The lowest BCUT2D eigenvalue weighted by molar-refractivity contribution is 0.0919. The van der Waals surface area contributed by atoms with E-state index in [1.807, 2.05) is 32.9 Å². The number of amides is 1. The molecule has 2 rings (SSSR count). The number of nitrogens with zero attached hydrogens (tertiary/aromatic N) is 3. The standard InChI is InChI=1S/C15H19N5O/c1-15(2,3)20-13(21)12-9-18-14(19-10-12)17-8-11-5-4-6-16-7-11/h4-7,9-10H,8H2,1-3H3,(H,20,21)(H,17,18,19). The fourth-order valence-electron chi connectivity index (χ4n) is 1.63. The second kappa shape index (κ2) is 6.30. The van der Waals surface area contributed by atoms with Gasteiger partial charge in [-0.05, 0) is 32.4 Å². The molecule has 0 radical (unpaired) electrons. The number of hydrogen-bond acceptors (Lipinski definition) is 5. The van der Waals surface area contributed by atoms with E-state index in [0.717, 1.165) is 5.56 Å². The highest BCUT2D eigenvalue weighted by Crippen LogP contribution is 2.06. The van der Waals surface area contributed by atoms with Crippen LogP contribution in [0.15, 0.2) is 36.9 Å². The van der Waals surface area contributed by atoms with Crippen molar-refractivity contribution in [3.8, 4) is 0 Å². The molecule has 110 valence electrons. The molecule has 6 nitrogen and oxygen atoms in total. The maximum Gasteiger partial charge on any atom is 0.254 e. The number of rotatable bonds is 4. The van der Waals surface area contributed by atoms with Crippen molar-refractivity contribution in [2.24, 2.45) is 0 Å². The number of nitrogens with one attached hydrogen (secondary N) is 2. The van der Waals surface area contributed by atoms with Crippen LogP contribution < -0.4 is 10.6 Å². The van der Waals surface area contributed by atoms with E-state index in [-0.39, 0.29) is 11.4 Å². The molecule has 0 aliphatic carbocycles. The van der Waals surface area contributed by atoms with E-state index in [1.54, 1.807) is 12.4 Å². The van der Waals surface area contributed by atoms with Crippen LogP contribution in [0.1, 0.15) is 36.7 Å². The minimum atomic E-state index is -0.283. The smallest absolute Gasteiger partial charge is 0.254 e. The maximum absolute atomic E-state index is 11.9. The van der Waals surface area contributed by atoms with Gasteiger partial charge >= 0.3 is 0 Å². The van der Waals surface area contributed by atoms with Crippen LogP contribution in [0, 0.1) is 0 Å². The van der Waals surface area contributed by atoms with Crippen LogP contribution in [-0.2, 0) is 6.54 Å². The third-order valence-corrected chi connectivity index (χ3v) is 2.58. The molecule has 0 saturated carbocycles. The van der Waals surface area contributed by atoms with Crippen molar-refractivity contribution < 1.29 is 4.79 Å². The topological polar surface area (TPSA) is 79.8 Å². The average Bonchev–Trinajstić information content (AvgIpc) is 2.45. The van der Waals surface area contributed by atoms with Gasteiger partial charge in [-0.25, -0.2) is 9.97 Å². The van der Waals surface area contributed by atoms with E-state index in [4.69, 9.17) is 0 Å². The summed E-state index contributed by atoms with van der Waals surface area (Å²) in [5.74, 6) is 0.299. The fraction of sp³-hybridized carbons (Fsp3) is 0.333. The fourth-order valence-corrected chi connectivity index (χ4v) is 1.63. The molecule has 6 heteroatoms. The molecule has 0 aliphatic rings. The van der Waals surface area contributed by atoms with Crippen LogP contribution in [0.25, 0.3) is 0 Å². The molecule has 0 aromatic carbocycles. The summed E-state index contributed by atoms with van der Waals surface area (Å²) in [6.45, 7) is 6.36. The van der Waals surface area contributed by atoms with Gasteiger partial charge in [-0.2, -0.15) is 0 Å². The van der Waals surface area contributed by atoms with E-state index in [2.05, 4.69) is 25.6 Å². The van der Waals surface area contributed by atoms with Gasteiger partial charge in [0.2, 0.25) is 5.95 Å². The van der Waals surface area contributed by atoms with Gasteiger partial charge in [-0.15, -0.1) is 0 Å². The summed E-state index contributed by atoms with van der Waals surface area (Å²) in [5.41, 5.74) is 1.20. The molecule has 0 unspecified atom stereocenters. The first-order chi connectivity index (χ1) is 9.94. The van der Waals surface area contributed by atoms with Gasteiger partial charge in [0.1, 0.15) is 0 Å². The second-order valence-corrected chi connectivity index (χ2v) is 5.71. The highest BCUT2D eigenvalue weighted by molar-refractivity contribution is 5.94. The largest absolute Gasteiger partial charge is 0.350 e. The lowest BCUT2D eigenvalue weighted by Gasteiger charge is -2.20. The monoisotopic (exact) mass is 285 g/mol. The summed E-state index contributed by atoms with van der Waals surface area (Å²) in [6, 6.07) is 3.84. The molecule has 0 saturated heterocycles. The lowest BCUT2D eigenvalue weighted by Crippen LogP contribution is -2.40. The summed E-state index contributed by atoms with van der Waals surface area (Å²) in [6.07, 6.45) is 6.53. The minimum Gasteiger partial charge on any atom is -0.350 e. The molecule has 0 atom stereocenters. The molecule has 0 aliphatic heterocycles. The van der Waals surface area contributed by atoms with Gasteiger partial charge in [0.15, 0.2) is 0 Å². The number of aromatic nitrogens is 3. The van der Waals surface area contributed by atoms with Crippen molar-refractivity contribution in [3.05, 3.63) is 48.0 Å². The molecule has 0 bridgehead atoms. The molecule has 2 aromatic rings. The van der Waals surface area contributed by atoms with Crippen molar-refractivity contribution in [1.29, 1.82) is 0 Å². The van der Waals surface area contributed by atoms with Gasteiger partial charge in [0.05, 0.1) is 5.56 Å². The van der Waals surface area contributed by atoms with Crippen molar-refractivity contribution in [3.63, 3.8) is 0 Å². The normalized spacial score (nSPS) is 11.0. The van der Waals surface area contributed by atoms with Crippen LogP contribution in [0.2, 0.25) is 0 Å². The minimum absolute atomic E-state index is 0.179. The maximum atomic E-state index is 11.9. The Labute approximate surface area is 124 Å². The van der Waals surface area contributed by atoms with E-state index in [9.17, 15) is 4.79 Å². The van der Waals surface area contributed by atoms with Crippen LogP contribution in [0.4, 0.5) is 5.95 Å². The summed E-state index contributed by atoms with van der Waals surface area (Å²) < 4.78 is 0. The van der Waals surface area contributed by atoms with Crippen molar-refractivity contribution >= 4 is 11.9 Å². The third-order valence-electron chi connectivity index (χ3n) is 2.58. The summed E-state index contributed by atoms with van der Waals surface area (Å²) >= 11 is 0. The van der Waals surface area contributed by atoms with Crippen LogP contribution in [-0.4, -0.2) is 26.4 Å². The molecular formula is C15H19N5O. The van der Waals surface area contributed by atoms with Crippen molar-refractivity contribution in [2.45, 2.75) is 32.9 Å². The molecule has 0 spiro atoms. The summed E-state index contributed by atoms with van der Waals surface area (Å²) in [5, 5.41) is 5.95. The molecular weight excluding hydrogens is 266 g/mol. The zero-order chi connectivity index (χ0) is 15.3. The first kappa shape index (κ1) is 14.9. The summed E-state index contributed by atoms with van der Waals surface area (Å²) in [4.78, 5) is 24.2. The highest BCUT2D eigenvalue weighted by atomic mass is 16.1. The quantitative estimate of drug-likeness (QED) is 0.898. The predicted octanol–water partition coefficient (Wildman–Crippen LogP) is 2.01. The van der Waals surface area contributed by atoms with Gasteiger partial charge in [0, 0.05) is 36.9 Å². The Morgan fingerprint density at radius 3 is 2.48 bits per heavy atom. The van der Waals surface area contributed by atoms with Gasteiger partial charge < -0.3 is 10.6 Å². The average molecular weight is 285 g/mol. The van der Waals surface area contributed by atoms with Crippen molar-refractivity contribution in [1.82, 2.24) is 20.3 Å². The zero-order valence-electron chi connectivity index (χ0n) is 12.4. The van der Waals surface area contributed by atoms with Gasteiger partial charge in [-0.3, -0.25) is 9.78 Å². The molecule has 21 heavy (non-hydrogen) atoms. The molecule has 0 fully saturated rings. The number of carbonyl (C=O) groups excluding carboxylic acids is 1. The van der Waals surface area contributed by atoms with Crippen LogP contribution in [0.5, 0.6) is 0 Å². The summed E-state index contributed by atoms with van der Waals surface area (Å²) in [7, 11) is 0. The lowest BCUT2D eigenvalue weighted by atomic mass is 10.1. The molecule has 2 heterocycles. The number of carbonyl (C=O) groups is 1. The second-order valence-electron chi connectivity index (χ2n) is 5.71. The van der Waals surface area contributed by atoms with E-state index in [0.29, 0.717) is 18.1 Å². The molecule has 1 amide bonds. The molecule has 2 aromatic heterocycles. The SMILES string of the molecule is CC(C)(C)NC(=O)c1cnc(NCc2cccnc2)nc1.